The lowest BCUT2D eigenvalue weighted by molar-refractivity contribution is -0.142. The Hall–Kier alpha value is -1.10. The summed E-state index contributed by atoms with van der Waals surface area (Å²) in [6.45, 7) is 3.60. The highest BCUT2D eigenvalue weighted by Gasteiger charge is 2.27. The van der Waals surface area contributed by atoms with E-state index < -0.39 is 5.97 Å². The van der Waals surface area contributed by atoms with Crippen molar-refractivity contribution in [1.29, 1.82) is 0 Å². The molecule has 1 N–H and O–H groups in total. The molecule has 5 nitrogen and oxygen atoms in total. The van der Waals surface area contributed by atoms with E-state index >= 15 is 0 Å². The van der Waals surface area contributed by atoms with Gasteiger partial charge in [-0.3, -0.25) is 9.59 Å². The van der Waals surface area contributed by atoms with Gasteiger partial charge in [0.15, 0.2) is 0 Å². The van der Waals surface area contributed by atoms with Gasteiger partial charge >= 0.3 is 5.97 Å². The first-order valence-electron chi connectivity index (χ1n) is 6.24. The maximum Gasteiger partial charge on any atom is 0.305 e. The molecule has 98 valence electrons. The topological polar surface area (TPSA) is 66.8 Å². The number of carbonyl (C=O) groups excluding carboxylic acids is 1. The largest absolute Gasteiger partial charge is 0.481 e. The Morgan fingerprint density at radius 3 is 2.82 bits per heavy atom. The number of piperidine rings is 1. The SMILES string of the molecule is CCOCCC(=O)N1CCCCC1CC(=O)O. The van der Waals surface area contributed by atoms with Gasteiger partial charge in [-0.2, -0.15) is 0 Å². The Balaban J connectivity index is 2.45. The Labute approximate surface area is 102 Å². The Morgan fingerprint density at radius 2 is 2.18 bits per heavy atom. The number of amides is 1. The minimum absolute atomic E-state index is 0.0180. The second kappa shape index (κ2) is 7.27. The molecule has 1 aliphatic rings. The van der Waals surface area contributed by atoms with Crippen LogP contribution < -0.4 is 0 Å². The fraction of sp³-hybridized carbons (Fsp3) is 0.833. The summed E-state index contributed by atoms with van der Waals surface area (Å²) in [7, 11) is 0. The molecule has 0 bridgehead atoms. The minimum atomic E-state index is -0.834. The minimum Gasteiger partial charge on any atom is -0.481 e. The monoisotopic (exact) mass is 243 g/mol. The van der Waals surface area contributed by atoms with Crippen LogP contribution in [0.4, 0.5) is 0 Å². The van der Waals surface area contributed by atoms with Crippen molar-refractivity contribution in [3.05, 3.63) is 0 Å². The van der Waals surface area contributed by atoms with Crippen molar-refractivity contribution < 1.29 is 19.4 Å². The number of carboxylic acid groups (broad SMARTS) is 1. The lowest BCUT2D eigenvalue weighted by Gasteiger charge is -2.35. The van der Waals surface area contributed by atoms with Gasteiger partial charge < -0.3 is 14.7 Å². The molecule has 0 aliphatic carbocycles. The summed E-state index contributed by atoms with van der Waals surface area (Å²) in [5.74, 6) is -0.816. The number of rotatable bonds is 6. The maximum absolute atomic E-state index is 11.9. The van der Waals surface area contributed by atoms with Gasteiger partial charge in [-0.15, -0.1) is 0 Å². The zero-order chi connectivity index (χ0) is 12.7. The highest BCUT2D eigenvalue weighted by atomic mass is 16.5. The molecule has 1 saturated heterocycles. The zero-order valence-electron chi connectivity index (χ0n) is 10.4. The molecule has 17 heavy (non-hydrogen) atoms. The van der Waals surface area contributed by atoms with Gasteiger partial charge in [-0.1, -0.05) is 0 Å². The van der Waals surface area contributed by atoms with Crippen LogP contribution in [-0.2, 0) is 14.3 Å². The smallest absolute Gasteiger partial charge is 0.305 e. The van der Waals surface area contributed by atoms with Gasteiger partial charge in [0, 0.05) is 19.2 Å². The predicted octanol–water partition coefficient (Wildman–Crippen LogP) is 1.27. The fourth-order valence-corrected chi connectivity index (χ4v) is 2.19. The van der Waals surface area contributed by atoms with Gasteiger partial charge in [0.2, 0.25) is 5.91 Å². The van der Waals surface area contributed by atoms with Gasteiger partial charge in [0.1, 0.15) is 0 Å². The molecule has 1 heterocycles. The molecule has 5 heteroatoms. The first-order valence-corrected chi connectivity index (χ1v) is 6.24. The molecule has 0 saturated carbocycles. The van der Waals surface area contributed by atoms with E-state index in [1.54, 1.807) is 4.90 Å². The summed E-state index contributed by atoms with van der Waals surface area (Å²) in [6, 6.07) is -0.129. The van der Waals surface area contributed by atoms with E-state index in [1.807, 2.05) is 6.92 Å². The molecule has 0 aromatic heterocycles. The Bertz CT molecular complexity index is 267. The summed E-state index contributed by atoms with van der Waals surface area (Å²) in [5, 5.41) is 8.82. The van der Waals surface area contributed by atoms with E-state index in [1.165, 1.54) is 0 Å². The zero-order valence-corrected chi connectivity index (χ0v) is 10.4. The summed E-state index contributed by atoms with van der Waals surface area (Å²) in [5.41, 5.74) is 0. The number of ether oxygens (including phenoxy) is 1. The Morgan fingerprint density at radius 1 is 1.41 bits per heavy atom. The van der Waals surface area contributed by atoms with Gasteiger partial charge in [0.25, 0.3) is 0 Å². The van der Waals surface area contributed by atoms with E-state index in [4.69, 9.17) is 9.84 Å². The number of nitrogens with zero attached hydrogens (tertiary/aromatic N) is 1. The molecule has 1 fully saturated rings. The van der Waals surface area contributed by atoms with Crippen LogP contribution in [0.25, 0.3) is 0 Å². The number of carbonyl (C=O) groups is 2. The van der Waals surface area contributed by atoms with Gasteiger partial charge in [0.05, 0.1) is 19.4 Å². The summed E-state index contributed by atoms with van der Waals surface area (Å²) >= 11 is 0. The van der Waals surface area contributed by atoms with E-state index in [0.717, 1.165) is 19.3 Å². The van der Waals surface area contributed by atoms with Crippen LogP contribution in [0.1, 0.15) is 39.0 Å². The standard InChI is InChI=1S/C12H21NO4/c1-2-17-8-6-11(14)13-7-4-3-5-10(13)9-12(15)16/h10H,2-9H2,1H3,(H,15,16). The number of likely N-dealkylation sites (tertiary alicyclic amines) is 1. The molecule has 1 unspecified atom stereocenters. The van der Waals surface area contributed by atoms with Crippen LogP contribution >= 0.6 is 0 Å². The van der Waals surface area contributed by atoms with Crippen molar-refractivity contribution in [2.24, 2.45) is 0 Å². The van der Waals surface area contributed by atoms with Crippen LogP contribution in [-0.4, -0.2) is 47.7 Å². The average Bonchev–Trinajstić information content (AvgIpc) is 2.29. The molecule has 0 radical (unpaired) electrons. The van der Waals surface area contributed by atoms with Crippen molar-refractivity contribution in [2.45, 2.75) is 45.1 Å². The van der Waals surface area contributed by atoms with E-state index in [2.05, 4.69) is 0 Å². The van der Waals surface area contributed by atoms with Crippen LogP contribution in [0.2, 0.25) is 0 Å². The van der Waals surface area contributed by atoms with Crippen molar-refractivity contribution in [3.8, 4) is 0 Å². The van der Waals surface area contributed by atoms with Crippen LogP contribution in [0.15, 0.2) is 0 Å². The number of hydrogen-bond acceptors (Lipinski definition) is 3. The number of hydrogen-bond donors (Lipinski definition) is 1. The molecule has 1 aliphatic heterocycles. The lowest BCUT2D eigenvalue weighted by Crippen LogP contribution is -2.45. The normalized spacial score (nSPS) is 20.3. The second-order valence-electron chi connectivity index (χ2n) is 4.28. The second-order valence-corrected chi connectivity index (χ2v) is 4.28. The highest BCUT2D eigenvalue weighted by molar-refractivity contribution is 5.77. The summed E-state index contributed by atoms with van der Waals surface area (Å²) in [4.78, 5) is 24.4. The van der Waals surface area contributed by atoms with Crippen molar-refractivity contribution >= 4 is 11.9 Å². The number of carboxylic acids is 1. The first-order chi connectivity index (χ1) is 8.15. The molecular formula is C12H21NO4. The molecule has 1 atom stereocenters. The van der Waals surface area contributed by atoms with Gasteiger partial charge in [-0.05, 0) is 26.2 Å². The van der Waals surface area contributed by atoms with Crippen molar-refractivity contribution in [1.82, 2.24) is 4.90 Å². The molecule has 0 aromatic rings. The van der Waals surface area contributed by atoms with E-state index in [0.29, 0.717) is 26.2 Å². The molecule has 1 rings (SSSR count). The molecule has 1 amide bonds. The molecular weight excluding hydrogens is 222 g/mol. The predicted molar refractivity (Wildman–Crippen MR) is 62.7 cm³/mol. The molecule has 0 spiro atoms. The fourth-order valence-electron chi connectivity index (χ4n) is 2.19. The van der Waals surface area contributed by atoms with Crippen molar-refractivity contribution in [3.63, 3.8) is 0 Å². The van der Waals surface area contributed by atoms with Crippen molar-refractivity contribution in [2.75, 3.05) is 19.8 Å². The van der Waals surface area contributed by atoms with Crippen LogP contribution in [0, 0.1) is 0 Å². The third-order valence-electron chi connectivity index (χ3n) is 3.02. The first kappa shape index (κ1) is 14.0. The van der Waals surface area contributed by atoms with E-state index in [-0.39, 0.29) is 18.4 Å². The van der Waals surface area contributed by atoms with Crippen LogP contribution in [0.3, 0.4) is 0 Å². The highest BCUT2D eigenvalue weighted by Crippen LogP contribution is 2.20. The maximum atomic E-state index is 11.9. The Kier molecular flexibility index (Phi) is 5.97. The van der Waals surface area contributed by atoms with Crippen LogP contribution in [0.5, 0.6) is 0 Å². The quantitative estimate of drug-likeness (QED) is 0.713. The van der Waals surface area contributed by atoms with E-state index in [9.17, 15) is 9.59 Å². The summed E-state index contributed by atoms with van der Waals surface area (Å²) < 4.78 is 5.15. The van der Waals surface area contributed by atoms with Gasteiger partial charge in [-0.25, -0.2) is 0 Å². The average molecular weight is 243 g/mol. The molecule has 0 aromatic carbocycles. The summed E-state index contributed by atoms with van der Waals surface area (Å²) in [6.07, 6.45) is 3.18. The third kappa shape index (κ3) is 4.73. The third-order valence-corrected chi connectivity index (χ3v) is 3.02. The number of aliphatic carboxylic acids is 1. The lowest BCUT2D eigenvalue weighted by atomic mass is 9.99.